The highest BCUT2D eigenvalue weighted by atomic mass is 35.5. The molecule has 0 atom stereocenters. The predicted molar refractivity (Wildman–Crippen MR) is 114 cm³/mol. The zero-order valence-electron chi connectivity index (χ0n) is 15.9. The van der Waals surface area contributed by atoms with Crippen LogP contribution >= 0.6 is 11.6 Å². The third-order valence-corrected chi connectivity index (χ3v) is 5.58. The van der Waals surface area contributed by atoms with Gasteiger partial charge >= 0.3 is 0 Å². The normalized spacial score (nSPS) is 12.2. The van der Waals surface area contributed by atoms with Crippen LogP contribution in [0.1, 0.15) is 0 Å². The molecule has 148 valence electrons. The molecule has 0 saturated carbocycles. The van der Waals surface area contributed by atoms with E-state index in [1.807, 2.05) is 19.0 Å². The Morgan fingerprint density at radius 2 is 1.41 bits per heavy atom. The molecule has 0 fully saturated rings. The van der Waals surface area contributed by atoms with Crippen LogP contribution in [0.25, 0.3) is 43.6 Å². The van der Waals surface area contributed by atoms with Gasteiger partial charge in [0.1, 0.15) is 18.2 Å². The van der Waals surface area contributed by atoms with Crippen molar-refractivity contribution in [2.45, 2.75) is 0 Å². The maximum atomic E-state index is 14.0. The number of aromatic nitrogens is 2. The van der Waals surface area contributed by atoms with Gasteiger partial charge in [0.2, 0.25) is 0 Å². The van der Waals surface area contributed by atoms with E-state index < -0.39 is 0 Å². The number of ether oxygens (including phenoxy) is 1. The summed E-state index contributed by atoms with van der Waals surface area (Å²) in [6.45, 7) is 1.17. The van der Waals surface area contributed by atoms with Crippen LogP contribution in [0.5, 0.6) is 5.75 Å². The van der Waals surface area contributed by atoms with Crippen LogP contribution in [0.2, 0.25) is 5.02 Å². The van der Waals surface area contributed by atoms with E-state index >= 15 is 0 Å². The zero-order chi connectivity index (χ0) is 20.3. The van der Waals surface area contributed by atoms with Crippen LogP contribution in [0.15, 0.2) is 36.4 Å². The van der Waals surface area contributed by atoms with Crippen molar-refractivity contribution < 1.29 is 13.5 Å². The van der Waals surface area contributed by atoms with Gasteiger partial charge in [-0.1, -0.05) is 11.6 Å². The molecular formula is C22H18ClF2N3O. The molecular weight excluding hydrogens is 396 g/mol. The van der Waals surface area contributed by atoms with Gasteiger partial charge in [-0.3, -0.25) is 0 Å². The summed E-state index contributed by atoms with van der Waals surface area (Å²) >= 11 is 6.83. The van der Waals surface area contributed by atoms with Crippen molar-refractivity contribution in [3.8, 4) is 5.75 Å². The van der Waals surface area contributed by atoms with Gasteiger partial charge in [0.05, 0.1) is 16.1 Å². The number of benzene rings is 3. The summed E-state index contributed by atoms with van der Waals surface area (Å²) in [5, 5.41) is 3.09. The second-order valence-corrected chi connectivity index (χ2v) is 7.80. The molecule has 0 aliphatic heterocycles. The number of aromatic amines is 2. The number of halogens is 3. The maximum absolute atomic E-state index is 14.0. The Hall–Kier alpha value is -2.83. The fraction of sp³-hybridized carbons (Fsp3) is 0.182. The monoisotopic (exact) mass is 413 g/mol. The van der Waals surface area contributed by atoms with Crippen molar-refractivity contribution in [1.29, 1.82) is 0 Å². The van der Waals surface area contributed by atoms with Crippen molar-refractivity contribution in [2.75, 3.05) is 27.2 Å². The van der Waals surface area contributed by atoms with Crippen LogP contribution in [0, 0.1) is 11.6 Å². The van der Waals surface area contributed by atoms with Gasteiger partial charge in [-0.2, -0.15) is 0 Å². The maximum Gasteiger partial charge on any atom is 0.167 e. The molecule has 0 spiro atoms. The molecule has 2 N–H and O–H groups in total. The van der Waals surface area contributed by atoms with Crippen molar-refractivity contribution in [3.05, 3.63) is 53.1 Å². The number of nitrogens with zero attached hydrogens (tertiary/aromatic N) is 1. The molecule has 2 aromatic heterocycles. The summed E-state index contributed by atoms with van der Waals surface area (Å²) in [7, 11) is 3.93. The lowest BCUT2D eigenvalue weighted by Gasteiger charge is -2.13. The molecule has 0 aliphatic carbocycles. The Morgan fingerprint density at radius 3 is 1.90 bits per heavy atom. The lowest BCUT2D eigenvalue weighted by molar-refractivity contribution is 0.265. The molecule has 2 heterocycles. The van der Waals surface area contributed by atoms with Gasteiger partial charge in [0, 0.05) is 39.1 Å². The number of hydrogen-bond acceptors (Lipinski definition) is 2. The van der Waals surface area contributed by atoms with E-state index in [1.165, 1.54) is 24.3 Å². The van der Waals surface area contributed by atoms with Gasteiger partial charge in [0.25, 0.3) is 0 Å². The Kier molecular flexibility index (Phi) is 4.15. The van der Waals surface area contributed by atoms with Gasteiger partial charge in [-0.05, 0) is 50.5 Å². The minimum atomic E-state index is -0.352. The minimum Gasteiger partial charge on any atom is -0.488 e. The topological polar surface area (TPSA) is 44.0 Å². The molecule has 7 heteroatoms. The third kappa shape index (κ3) is 2.82. The molecule has 5 rings (SSSR count). The van der Waals surface area contributed by atoms with Crippen molar-refractivity contribution >= 4 is 55.2 Å². The summed E-state index contributed by atoms with van der Waals surface area (Å²) in [5.41, 5.74) is 2.88. The Bertz CT molecular complexity index is 1310. The van der Waals surface area contributed by atoms with Crippen molar-refractivity contribution in [2.24, 2.45) is 0 Å². The van der Waals surface area contributed by atoms with Gasteiger partial charge in [-0.25, -0.2) is 8.78 Å². The van der Waals surface area contributed by atoms with Crippen molar-refractivity contribution in [3.63, 3.8) is 0 Å². The van der Waals surface area contributed by atoms with Crippen LogP contribution < -0.4 is 4.74 Å². The number of rotatable bonds is 4. The number of H-pyrrole nitrogens is 2. The molecule has 0 bridgehead atoms. The lowest BCUT2D eigenvalue weighted by atomic mass is 10.1. The smallest absolute Gasteiger partial charge is 0.167 e. The highest BCUT2D eigenvalue weighted by Crippen LogP contribution is 2.46. The molecule has 0 radical (unpaired) electrons. The van der Waals surface area contributed by atoms with Crippen molar-refractivity contribution in [1.82, 2.24) is 14.9 Å². The van der Waals surface area contributed by atoms with Crippen LogP contribution in [0.4, 0.5) is 8.78 Å². The quantitative estimate of drug-likeness (QED) is 0.389. The molecule has 29 heavy (non-hydrogen) atoms. The van der Waals surface area contributed by atoms with E-state index in [2.05, 4.69) is 9.97 Å². The van der Waals surface area contributed by atoms with Gasteiger partial charge < -0.3 is 19.6 Å². The SMILES string of the molecule is CN(C)CCOc1c2[nH]c3ccc(F)cc3c2c(Cl)c2c1[nH]c1ccc(F)cc12. The van der Waals surface area contributed by atoms with E-state index in [0.717, 1.165) is 17.6 Å². The second kappa shape index (κ2) is 6.61. The fourth-order valence-corrected chi connectivity index (χ4v) is 4.24. The summed E-state index contributed by atoms with van der Waals surface area (Å²) < 4.78 is 34.1. The average molecular weight is 414 g/mol. The molecule has 5 aromatic rings. The number of hydrogen-bond donors (Lipinski definition) is 2. The molecule has 0 amide bonds. The third-order valence-electron chi connectivity index (χ3n) is 5.20. The van der Waals surface area contributed by atoms with E-state index in [0.29, 0.717) is 50.0 Å². The number of nitrogens with one attached hydrogen (secondary N) is 2. The summed E-state index contributed by atoms with van der Waals surface area (Å²) in [6.07, 6.45) is 0. The first kappa shape index (κ1) is 18.2. The van der Waals surface area contributed by atoms with E-state index in [1.54, 1.807) is 12.1 Å². The fourth-order valence-electron chi connectivity index (χ4n) is 3.85. The van der Waals surface area contributed by atoms with E-state index in [-0.39, 0.29) is 11.6 Å². The van der Waals surface area contributed by atoms with E-state index in [9.17, 15) is 8.78 Å². The minimum absolute atomic E-state index is 0.352. The highest BCUT2D eigenvalue weighted by Gasteiger charge is 2.22. The molecule has 0 aliphatic rings. The standard InChI is InChI=1S/C22H18ClF2N3O/c1-28(2)7-8-29-22-20-17(13-9-11(24)3-5-15(13)26-20)19(23)18-14-10-12(25)4-6-16(14)27-21(18)22/h3-6,9-10,26-27H,7-8H2,1-2H3. The average Bonchev–Trinajstić information content (AvgIpc) is 3.22. The lowest BCUT2D eigenvalue weighted by Crippen LogP contribution is -2.19. The first-order chi connectivity index (χ1) is 13.9. The largest absolute Gasteiger partial charge is 0.488 e. The Morgan fingerprint density at radius 1 is 0.897 bits per heavy atom. The number of likely N-dealkylation sites (N-methyl/N-ethyl adjacent to an activating group) is 1. The summed E-state index contributed by atoms with van der Waals surface area (Å²) in [5.74, 6) is -0.112. The first-order valence-corrected chi connectivity index (χ1v) is 9.62. The summed E-state index contributed by atoms with van der Waals surface area (Å²) in [6, 6.07) is 9.05. The van der Waals surface area contributed by atoms with Crippen LogP contribution in [-0.2, 0) is 0 Å². The van der Waals surface area contributed by atoms with Gasteiger partial charge in [-0.15, -0.1) is 0 Å². The Labute approximate surface area is 170 Å². The molecule has 0 unspecified atom stereocenters. The molecule has 3 aromatic carbocycles. The van der Waals surface area contributed by atoms with Crippen LogP contribution in [-0.4, -0.2) is 42.1 Å². The first-order valence-electron chi connectivity index (χ1n) is 9.25. The molecule has 0 saturated heterocycles. The Balaban J connectivity index is 1.92. The second-order valence-electron chi connectivity index (χ2n) is 7.42. The summed E-state index contributed by atoms with van der Waals surface area (Å²) in [4.78, 5) is 8.65. The highest BCUT2D eigenvalue weighted by molar-refractivity contribution is 6.45. The zero-order valence-corrected chi connectivity index (χ0v) is 16.6. The van der Waals surface area contributed by atoms with E-state index in [4.69, 9.17) is 16.3 Å². The van der Waals surface area contributed by atoms with Crippen LogP contribution in [0.3, 0.4) is 0 Å². The van der Waals surface area contributed by atoms with Gasteiger partial charge in [0.15, 0.2) is 5.75 Å². The number of fused-ring (bicyclic) bond motifs is 6. The predicted octanol–water partition coefficient (Wildman–Crippen LogP) is 5.83. The molecule has 4 nitrogen and oxygen atoms in total.